The fourth-order valence-electron chi connectivity index (χ4n) is 3.67. The Morgan fingerprint density at radius 1 is 0.964 bits per heavy atom. The largest absolute Gasteiger partial charge is 0.379 e. The summed E-state index contributed by atoms with van der Waals surface area (Å²) in [5.41, 5.74) is 2.37. The molecule has 0 amide bonds. The third-order valence-electron chi connectivity index (χ3n) is 5.39. The van der Waals surface area contributed by atoms with E-state index in [9.17, 15) is 0 Å². The Balaban J connectivity index is 1.40. The molecule has 2 aliphatic rings. The van der Waals surface area contributed by atoms with E-state index in [-0.39, 0.29) is 0 Å². The Hall–Kier alpha value is -2.22. The summed E-state index contributed by atoms with van der Waals surface area (Å²) < 4.78 is 5.42. The summed E-state index contributed by atoms with van der Waals surface area (Å²) in [6.07, 6.45) is 0. The van der Waals surface area contributed by atoms with Crippen LogP contribution in [0.1, 0.15) is 11.4 Å². The number of nitrogens with zero attached hydrogens (tertiary/aromatic N) is 5. The predicted molar refractivity (Wildman–Crippen MR) is 112 cm³/mol. The second kappa shape index (κ2) is 8.86. The molecule has 28 heavy (non-hydrogen) atoms. The van der Waals surface area contributed by atoms with Gasteiger partial charge in [0.15, 0.2) is 0 Å². The standard InChI is InChI=1S/C21H30N6O/c1-17-22-20(15-21(23-17)27-9-7-25(2)8-10-27)24-19-5-3-18(4-6-19)16-26-11-13-28-14-12-26/h3-6,15H,7-14,16H2,1-2H3,(H,22,23,24). The lowest BCUT2D eigenvalue weighted by atomic mass is 10.2. The SMILES string of the molecule is Cc1nc(Nc2ccc(CN3CCOCC3)cc2)cc(N2CCN(C)CC2)n1. The number of piperazine rings is 1. The lowest BCUT2D eigenvalue weighted by Crippen LogP contribution is -2.44. The molecule has 0 aliphatic carbocycles. The van der Waals surface area contributed by atoms with E-state index >= 15 is 0 Å². The molecule has 1 N–H and O–H groups in total. The van der Waals surface area contributed by atoms with Crippen molar-refractivity contribution in [1.29, 1.82) is 0 Å². The van der Waals surface area contributed by atoms with Gasteiger partial charge >= 0.3 is 0 Å². The fourth-order valence-corrected chi connectivity index (χ4v) is 3.67. The number of rotatable bonds is 5. The minimum Gasteiger partial charge on any atom is -0.379 e. The number of benzene rings is 1. The topological polar surface area (TPSA) is 56.8 Å². The number of nitrogens with one attached hydrogen (secondary N) is 1. The third kappa shape index (κ3) is 4.98. The first-order valence-corrected chi connectivity index (χ1v) is 10.1. The highest BCUT2D eigenvalue weighted by atomic mass is 16.5. The third-order valence-corrected chi connectivity index (χ3v) is 5.39. The predicted octanol–water partition coefficient (Wildman–Crippen LogP) is 2.11. The molecular formula is C21H30N6O. The highest BCUT2D eigenvalue weighted by Crippen LogP contribution is 2.21. The number of hydrogen-bond donors (Lipinski definition) is 1. The molecule has 3 heterocycles. The van der Waals surface area contributed by atoms with Gasteiger partial charge in [-0.15, -0.1) is 0 Å². The molecule has 0 saturated carbocycles. The van der Waals surface area contributed by atoms with Crippen LogP contribution in [0.15, 0.2) is 30.3 Å². The van der Waals surface area contributed by atoms with E-state index in [0.29, 0.717) is 0 Å². The minimum absolute atomic E-state index is 0.794. The molecule has 2 aliphatic heterocycles. The van der Waals surface area contributed by atoms with E-state index in [0.717, 1.165) is 82.2 Å². The molecule has 150 valence electrons. The average Bonchev–Trinajstić information content (AvgIpc) is 2.70. The van der Waals surface area contributed by atoms with Gasteiger partial charge in [0.25, 0.3) is 0 Å². The highest BCUT2D eigenvalue weighted by Gasteiger charge is 2.16. The van der Waals surface area contributed by atoms with Crippen molar-refractivity contribution in [2.45, 2.75) is 13.5 Å². The molecule has 2 aromatic rings. The van der Waals surface area contributed by atoms with Gasteiger partial charge in [-0.25, -0.2) is 9.97 Å². The summed E-state index contributed by atoms with van der Waals surface area (Å²) in [5, 5.41) is 3.44. The van der Waals surface area contributed by atoms with Crippen LogP contribution in [-0.4, -0.2) is 79.3 Å². The van der Waals surface area contributed by atoms with Gasteiger partial charge in [-0.3, -0.25) is 4.90 Å². The summed E-state index contributed by atoms with van der Waals surface area (Å²) in [6.45, 7) is 10.8. The van der Waals surface area contributed by atoms with Gasteiger partial charge in [0.2, 0.25) is 0 Å². The molecule has 0 unspecified atom stereocenters. The van der Waals surface area contributed by atoms with Crippen LogP contribution in [0, 0.1) is 6.92 Å². The first-order chi connectivity index (χ1) is 13.7. The van der Waals surface area contributed by atoms with E-state index in [2.05, 4.69) is 67.4 Å². The van der Waals surface area contributed by atoms with Gasteiger partial charge in [-0.05, 0) is 31.7 Å². The van der Waals surface area contributed by atoms with Crippen molar-refractivity contribution in [1.82, 2.24) is 19.8 Å². The van der Waals surface area contributed by atoms with Gasteiger partial charge in [0, 0.05) is 57.6 Å². The molecule has 0 bridgehead atoms. The molecule has 4 rings (SSSR count). The maximum atomic E-state index is 5.42. The quantitative estimate of drug-likeness (QED) is 0.850. The summed E-state index contributed by atoms with van der Waals surface area (Å²) in [4.78, 5) is 16.3. The lowest BCUT2D eigenvalue weighted by Gasteiger charge is -2.33. The van der Waals surface area contributed by atoms with Crippen LogP contribution in [0.5, 0.6) is 0 Å². The first kappa shape index (κ1) is 19.1. The number of ether oxygens (including phenoxy) is 1. The number of aryl methyl sites for hydroxylation is 1. The van der Waals surface area contributed by atoms with E-state index in [1.54, 1.807) is 0 Å². The van der Waals surface area contributed by atoms with E-state index in [1.807, 2.05) is 6.92 Å². The van der Waals surface area contributed by atoms with Crippen LogP contribution in [0.25, 0.3) is 0 Å². The van der Waals surface area contributed by atoms with Gasteiger partial charge in [-0.2, -0.15) is 0 Å². The number of likely N-dealkylation sites (N-methyl/N-ethyl adjacent to an activating group) is 1. The molecule has 0 spiro atoms. The van der Waals surface area contributed by atoms with Crippen LogP contribution in [-0.2, 0) is 11.3 Å². The maximum absolute atomic E-state index is 5.42. The molecule has 0 radical (unpaired) electrons. The smallest absolute Gasteiger partial charge is 0.136 e. The van der Waals surface area contributed by atoms with Crippen molar-refractivity contribution in [2.75, 3.05) is 69.7 Å². The summed E-state index contributed by atoms with van der Waals surface area (Å²) in [6, 6.07) is 10.7. The van der Waals surface area contributed by atoms with Crippen LogP contribution < -0.4 is 10.2 Å². The Bertz CT molecular complexity index is 767. The van der Waals surface area contributed by atoms with Crippen molar-refractivity contribution in [3.8, 4) is 0 Å². The van der Waals surface area contributed by atoms with Gasteiger partial charge in [0.1, 0.15) is 17.5 Å². The van der Waals surface area contributed by atoms with Crippen molar-refractivity contribution < 1.29 is 4.74 Å². The molecule has 2 fully saturated rings. The van der Waals surface area contributed by atoms with Crippen molar-refractivity contribution in [3.63, 3.8) is 0 Å². The second-order valence-electron chi connectivity index (χ2n) is 7.66. The fraction of sp³-hybridized carbons (Fsp3) is 0.524. The average molecular weight is 383 g/mol. The Kier molecular flexibility index (Phi) is 6.04. The lowest BCUT2D eigenvalue weighted by molar-refractivity contribution is 0.0342. The summed E-state index contributed by atoms with van der Waals surface area (Å²) in [7, 11) is 2.16. The zero-order chi connectivity index (χ0) is 19.3. The van der Waals surface area contributed by atoms with Crippen LogP contribution in [0.3, 0.4) is 0 Å². The maximum Gasteiger partial charge on any atom is 0.136 e. The number of hydrogen-bond acceptors (Lipinski definition) is 7. The number of morpholine rings is 1. The Labute approximate surface area is 167 Å². The molecule has 7 heteroatoms. The van der Waals surface area contributed by atoms with Crippen LogP contribution >= 0.6 is 0 Å². The number of aromatic nitrogens is 2. The van der Waals surface area contributed by atoms with Gasteiger partial charge < -0.3 is 19.9 Å². The summed E-state index contributed by atoms with van der Waals surface area (Å²) in [5.74, 6) is 2.65. The summed E-state index contributed by atoms with van der Waals surface area (Å²) >= 11 is 0. The van der Waals surface area contributed by atoms with Gasteiger partial charge in [0.05, 0.1) is 13.2 Å². The van der Waals surface area contributed by atoms with Crippen LogP contribution in [0.2, 0.25) is 0 Å². The zero-order valence-electron chi connectivity index (χ0n) is 16.9. The Morgan fingerprint density at radius 3 is 2.39 bits per heavy atom. The second-order valence-corrected chi connectivity index (χ2v) is 7.66. The first-order valence-electron chi connectivity index (χ1n) is 10.1. The zero-order valence-corrected chi connectivity index (χ0v) is 16.9. The molecule has 1 aromatic carbocycles. The van der Waals surface area contributed by atoms with Crippen molar-refractivity contribution in [3.05, 3.63) is 41.7 Å². The molecule has 1 aromatic heterocycles. The molecule has 0 atom stereocenters. The minimum atomic E-state index is 0.794. The van der Waals surface area contributed by atoms with Crippen LogP contribution in [0.4, 0.5) is 17.3 Å². The normalized spacial score (nSPS) is 19.0. The van der Waals surface area contributed by atoms with Gasteiger partial charge in [-0.1, -0.05) is 12.1 Å². The van der Waals surface area contributed by atoms with E-state index in [1.165, 1.54) is 5.56 Å². The molecule has 7 nitrogen and oxygen atoms in total. The number of anilines is 3. The van der Waals surface area contributed by atoms with E-state index < -0.39 is 0 Å². The molecule has 2 saturated heterocycles. The Morgan fingerprint density at radius 2 is 1.68 bits per heavy atom. The monoisotopic (exact) mass is 382 g/mol. The highest BCUT2D eigenvalue weighted by molar-refractivity contribution is 5.60. The van der Waals surface area contributed by atoms with E-state index in [4.69, 9.17) is 4.74 Å². The van der Waals surface area contributed by atoms with Crippen molar-refractivity contribution >= 4 is 17.3 Å². The molecular weight excluding hydrogens is 352 g/mol. The van der Waals surface area contributed by atoms with Crippen molar-refractivity contribution in [2.24, 2.45) is 0 Å².